The van der Waals surface area contributed by atoms with Crippen molar-refractivity contribution in [3.63, 3.8) is 0 Å². The van der Waals surface area contributed by atoms with E-state index in [9.17, 15) is 0 Å². The number of para-hydroxylation sites is 2. The summed E-state index contributed by atoms with van der Waals surface area (Å²) in [4.78, 5) is 2.38. The zero-order chi connectivity index (χ0) is 27.9. The maximum absolute atomic E-state index is 2.38. The van der Waals surface area contributed by atoms with E-state index in [-0.39, 0.29) is 0 Å². The normalized spacial score (nSPS) is 11.3. The number of hydrogen-bond donors (Lipinski definition) is 0. The molecule has 42 heavy (non-hydrogen) atoms. The van der Waals surface area contributed by atoms with E-state index in [4.69, 9.17) is 0 Å². The number of thiophene rings is 1. The molecule has 0 bridgehead atoms. The van der Waals surface area contributed by atoms with Gasteiger partial charge in [0.2, 0.25) is 0 Å². The van der Waals surface area contributed by atoms with Gasteiger partial charge in [0.05, 0.1) is 5.69 Å². The van der Waals surface area contributed by atoms with Crippen LogP contribution in [0.5, 0.6) is 0 Å². The molecule has 0 aliphatic rings. The summed E-state index contributed by atoms with van der Waals surface area (Å²) in [5, 5.41) is 5.17. The van der Waals surface area contributed by atoms with Gasteiger partial charge in [0.25, 0.3) is 0 Å². The summed E-state index contributed by atoms with van der Waals surface area (Å²) < 4.78 is 2.63. The van der Waals surface area contributed by atoms with Crippen molar-refractivity contribution in [2.24, 2.45) is 0 Å². The van der Waals surface area contributed by atoms with Crippen LogP contribution in [0, 0.1) is 0 Å². The molecule has 0 spiro atoms. The second-order valence-electron chi connectivity index (χ2n) is 10.5. The average Bonchev–Trinajstić information content (AvgIpc) is 3.45. The molecule has 0 atom stereocenters. The van der Waals surface area contributed by atoms with Crippen molar-refractivity contribution >= 4 is 59.3 Å². The van der Waals surface area contributed by atoms with Crippen LogP contribution in [-0.2, 0) is 0 Å². The molecule has 1 nitrogen and oxygen atoms in total. The molecule has 2 heteroatoms. The van der Waals surface area contributed by atoms with Gasteiger partial charge in [0.1, 0.15) is 0 Å². The second kappa shape index (κ2) is 10.3. The van der Waals surface area contributed by atoms with Gasteiger partial charge in [0.15, 0.2) is 0 Å². The molecule has 0 aliphatic carbocycles. The van der Waals surface area contributed by atoms with Crippen molar-refractivity contribution in [2.45, 2.75) is 0 Å². The molecule has 198 valence electrons. The first-order valence-corrected chi connectivity index (χ1v) is 15.1. The predicted octanol–water partition coefficient (Wildman–Crippen LogP) is 12.0. The van der Waals surface area contributed by atoms with Crippen molar-refractivity contribution in [1.29, 1.82) is 0 Å². The summed E-state index contributed by atoms with van der Waals surface area (Å²) >= 11 is 1.86. The van der Waals surface area contributed by atoms with E-state index < -0.39 is 0 Å². The van der Waals surface area contributed by atoms with Gasteiger partial charge in [-0.05, 0) is 69.9 Å². The predicted molar refractivity (Wildman–Crippen MR) is 182 cm³/mol. The monoisotopic (exact) mass is 553 g/mol. The van der Waals surface area contributed by atoms with E-state index in [2.05, 4.69) is 169 Å². The largest absolute Gasteiger partial charge is 0.310 e. The first-order chi connectivity index (χ1) is 20.8. The molecule has 8 rings (SSSR count). The molecule has 0 amide bonds. The van der Waals surface area contributed by atoms with Crippen LogP contribution in [-0.4, -0.2) is 0 Å². The zero-order valence-electron chi connectivity index (χ0n) is 22.9. The number of fused-ring (bicyclic) bond motifs is 4. The first-order valence-electron chi connectivity index (χ1n) is 14.3. The lowest BCUT2D eigenvalue weighted by atomic mass is 9.96. The lowest BCUT2D eigenvalue weighted by Gasteiger charge is -2.28. The molecule has 0 unspecified atom stereocenters. The molecule has 0 saturated carbocycles. The maximum Gasteiger partial charge on any atom is 0.0540 e. The van der Waals surface area contributed by atoms with Crippen LogP contribution in [0.1, 0.15) is 0 Å². The minimum Gasteiger partial charge on any atom is -0.310 e. The minimum atomic E-state index is 1.12. The van der Waals surface area contributed by atoms with Crippen LogP contribution in [0.25, 0.3) is 53.2 Å². The van der Waals surface area contributed by atoms with E-state index in [0.29, 0.717) is 0 Å². The lowest BCUT2D eigenvalue weighted by Crippen LogP contribution is -2.11. The van der Waals surface area contributed by atoms with Crippen LogP contribution in [0.15, 0.2) is 164 Å². The molecule has 0 N–H and O–H groups in total. The highest BCUT2D eigenvalue weighted by molar-refractivity contribution is 7.25. The molecule has 7 aromatic carbocycles. The Bertz CT molecular complexity index is 2190. The third-order valence-electron chi connectivity index (χ3n) is 8.08. The third kappa shape index (κ3) is 4.16. The van der Waals surface area contributed by atoms with Crippen LogP contribution in [0.3, 0.4) is 0 Å². The quantitative estimate of drug-likeness (QED) is 0.205. The van der Waals surface area contributed by atoms with E-state index in [1.807, 2.05) is 11.3 Å². The zero-order valence-corrected chi connectivity index (χ0v) is 23.8. The topological polar surface area (TPSA) is 3.24 Å². The fourth-order valence-electron chi connectivity index (χ4n) is 6.17. The van der Waals surface area contributed by atoms with Crippen molar-refractivity contribution in [3.05, 3.63) is 164 Å². The minimum absolute atomic E-state index is 1.12. The van der Waals surface area contributed by atoms with Crippen LogP contribution in [0.4, 0.5) is 17.1 Å². The van der Waals surface area contributed by atoms with Gasteiger partial charge in [0, 0.05) is 37.1 Å². The Labute approximate surface area is 249 Å². The molecule has 1 aromatic heterocycles. The Morgan fingerprint density at radius 2 is 0.976 bits per heavy atom. The van der Waals surface area contributed by atoms with E-state index >= 15 is 0 Å². The Kier molecular flexibility index (Phi) is 6.05. The van der Waals surface area contributed by atoms with Gasteiger partial charge in [-0.25, -0.2) is 0 Å². The van der Waals surface area contributed by atoms with Crippen LogP contribution < -0.4 is 4.90 Å². The van der Waals surface area contributed by atoms with Crippen LogP contribution >= 0.6 is 11.3 Å². The smallest absolute Gasteiger partial charge is 0.0540 e. The molecule has 8 aromatic rings. The van der Waals surface area contributed by atoms with Gasteiger partial charge in [-0.1, -0.05) is 121 Å². The van der Waals surface area contributed by atoms with Gasteiger partial charge in [-0.15, -0.1) is 11.3 Å². The number of anilines is 3. The highest BCUT2D eigenvalue weighted by Crippen LogP contribution is 2.46. The Morgan fingerprint density at radius 1 is 0.381 bits per heavy atom. The molecular formula is C40H27NS. The summed E-state index contributed by atoms with van der Waals surface area (Å²) in [5.41, 5.74) is 8.35. The van der Waals surface area contributed by atoms with E-state index in [0.717, 1.165) is 17.1 Å². The molecular weight excluding hydrogens is 527 g/mol. The molecule has 0 aliphatic heterocycles. The third-order valence-corrected chi connectivity index (χ3v) is 9.21. The standard InChI is InChI=1S/C40H27NS/c1-2-14-30(15-3-1)41(31-26-24-29(25-27-31)33-19-10-13-28-12-4-5-16-32(28)33)37-21-8-6-17-34(37)35-20-11-23-39-40(35)36-18-7-9-22-38(36)42-39/h1-27H. The molecule has 0 fully saturated rings. The highest BCUT2D eigenvalue weighted by atomic mass is 32.1. The Balaban J connectivity index is 1.31. The van der Waals surface area contributed by atoms with Crippen molar-refractivity contribution in [3.8, 4) is 22.3 Å². The Morgan fingerprint density at radius 3 is 1.86 bits per heavy atom. The van der Waals surface area contributed by atoms with E-state index in [1.54, 1.807) is 0 Å². The average molecular weight is 554 g/mol. The van der Waals surface area contributed by atoms with E-state index in [1.165, 1.54) is 53.2 Å². The molecule has 0 radical (unpaired) electrons. The molecule has 1 heterocycles. The van der Waals surface area contributed by atoms with Crippen molar-refractivity contribution in [2.75, 3.05) is 4.90 Å². The fourth-order valence-corrected chi connectivity index (χ4v) is 7.30. The van der Waals surface area contributed by atoms with Crippen molar-refractivity contribution in [1.82, 2.24) is 0 Å². The van der Waals surface area contributed by atoms with Gasteiger partial charge in [-0.3, -0.25) is 0 Å². The number of rotatable bonds is 5. The van der Waals surface area contributed by atoms with Gasteiger partial charge < -0.3 is 4.90 Å². The lowest BCUT2D eigenvalue weighted by molar-refractivity contribution is 1.28. The van der Waals surface area contributed by atoms with Gasteiger partial charge >= 0.3 is 0 Å². The first kappa shape index (κ1) is 24.6. The van der Waals surface area contributed by atoms with Gasteiger partial charge in [-0.2, -0.15) is 0 Å². The summed E-state index contributed by atoms with van der Waals surface area (Å²) in [7, 11) is 0. The van der Waals surface area contributed by atoms with Crippen molar-refractivity contribution < 1.29 is 0 Å². The SMILES string of the molecule is c1ccc(N(c2ccc(-c3cccc4ccccc34)cc2)c2ccccc2-c2cccc3sc4ccccc4c23)cc1. The number of hydrogen-bond acceptors (Lipinski definition) is 2. The number of benzene rings is 7. The number of nitrogens with zero attached hydrogens (tertiary/aromatic N) is 1. The maximum atomic E-state index is 2.38. The summed E-state index contributed by atoms with van der Waals surface area (Å²) in [6, 6.07) is 59.1. The summed E-state index contributed by atoms with van der Waals surface area (Å²) in [5.74, 6) is 0. The fraction of sp³-hybridized carbons (Fsp3) is 0. The summed E-state index contributed by atoms with van der Waals surface area (Å²) in [6.45, 7) is 0. The molecule has 0 saturated heterocycles. The summed E-state index contributed by atoms with van der Waals surface area (Å²) in [6.07, 6.45) is 0. The highest BCUT2D eigenvalue weighted by Gasteiger charge is 2.19. The van der Waals surface area contributed by atoms with Crippen LogP contribution in [0.2, 0.25) is 0 Å². The Hall–Kier alpha value is -5.18. The second-order valence-corrected chi connectivity index (χ2v) is 11.6.